The number of carbonyl (C=O) groups excluding carboxylic acids is 1. The van der Waals surface area contributed by atoms with Gasteiger partial charge in [0.25, 0.3) is 0 Å². The number of methoxy groups -OCH3 is 2. The fourth-order valence-corrected chi connectivity index (χ4v) is 1.65. The van der Waals surface area contributed by atoms with Gasteiger partial charge in [0.05, 0.1) is 25.3 Å². The van der Waals surface area contributed by atoms with Gasteiger partial charge in [-0.1, -0.05) is 0 Å². The summed E-state index contributed by atoms with van der Waals surface area (Å²) in [4.78, 5) is 11.5. The average Bonchev–Trinajstić information content (AvgIpc) is 2.65. The van der Waals surface area contributed by atoms with E-state index in [2.05, 4.69) is 0 Å². The molecule has 0 N–H and O–H groups in total. The fraction of sp³-hybridized carbons (Fsp3) is 0.273. The third-order valence-electron chi connectivity index (χ3n) is 2.40. The van der Waals surface area contributed by atoms with Gasteiger partial charge in [0.15, 0.2) is 0 Å². The number of fused-ring (bicyclic) bond motifs is 1. The van der Waals surface area contributed by atoms with Crippen molar-refractivity contribution in [3.05, 3.63) is 23.3 Å². The molecule has 1 aromatic rings. The summed E-state index contributed by atoms with van der Waals surface area (Å²) in [7, 11) is 2.95. The standard InChI is InChI=1S/C11H9NO4/c1-14-6-3-7-10(8(4-6)15-2)9(5-12)16-11(7)13/h3-4,9H,1-2H3. The van der Waals surface area contributed by atoms with Crippen LogP contribution in [0.1, 0.15) is 22.0 Å². The molecule has 5 heteroatoms. The van der Waals surface area contributed by atoms with Crippen LogP contribution in [0, 0.1) is 11.3 Å². The zero-order chi connectivity index (χ0) is 11.7. The van der Waals surface area contributed by atoms with Gasteiger partial charge in [-0.15, -0.1) is 0 Å². The number of hydrogen-bond acceptors (Lipinski definition) is 5. The highest BCUT2D eigenvalue weighted by Crippen LogP contribution is 2.39. The number of rotatable bonds is 2. The summed E-state index contributed by atoms with van der Waals surface area (Å²) in [6, 6.07) is 5.05. The van der Waals surface area contributed by atoms with E-state index in [9.17, 15) is 4.79 Å². The Labute approximate surface area is 92.1 Å². The molecule has 0 saturated heterocycles. The highest BCUT2D eigenvalue weighted by Gasteiger charge is 2.35. The number of carbonyl (C=O) groups is 1. The van der Waals surface area contributed by atoms with Crippen molar-refractivity contribution in [2.75, 3.05) is 14.2 Å². The van der Waals surface area contributed by atoms with Crippen LogP contribution >= 0.6 is 0 Å². The Morgan fingerprint density at radius 1 is 1.38 bits per heavy atom. The van der Waals surface area contributed by atoms with Gasteiger partial charge in [0.2, 0.25) is 6.10 Å². The van der Waals surface area contributed by atoms with E-state index in [1.165, 1.54) is 20.3 Å². The van der Waals surface area contributed by atoms with E-state index in [1.807, 2.05) is 6.07 Å². The number of benzene rings is 1. The number of nitrogens with zero attached hydrogens (tertiary/aromatic N) is 1. The second-order valence-electron chi connectivity index (χ2n) is 3.21. The van der Waals surface area contributed by atoms with Crippen LogP contribution < -0.4 is 9.47 Å². The molecule has 16 heavy (non-hydrogen) atoms. The molecule has 5 nitrogen and oxygen atoms in total. The quantitative estimate of drug-likeness (QED) is 0.704. The van der Waals surface area contributed by atoms with E-state index in [1.54, 1.807) is 6.07 Å². The predicted octanol–water partition coefficient (Wildman–Crippen LogP) is 1.44. The molecule has 0 fully saturated rings. The number of nitriles is 1. The number of cyclic esters (lactones) is 1. The Morgan fingerprint density at radius 2 is 2.12 bits per heavy atom. The average molecular weight is 219 g/mol. The van der Waals surface area contributed by atoms with Gasteiger partial charge in [-0.05, 0) is 6.07 Å². The zero-order valence-electron chi connectivity index (χ0n) is 8.81. The lowest BCUT2D eigenvalue weighted by Gasteiger charge is -2.09. The summed E-state index contributed by atoms with van der Waals surface area (Å²) in [5.41, 5.74) is 0.790. The van der Waals surface area contributed by atoms with Crippen molar-refractivity contribution in [1.82, 2.24) is 0 Å². The molecule has 1 atom stereocenters. The largest absolute Gasteiger partial charge is 0.497 e. The molecular formula is C11H9NO4. The van der Waals surface area contributed by atoms with Gasteiger partial charge in [-0.3, -0.25) is 0 Å². The van der Waals surface area contributed by atoms with Gasteiger partial charge in [-0.25, -0.2) is 4.79 Å². The van der Waals surface area contributed by atoms with Crippen LogP contribution in [0.3, 0.4) is 0 Å². The molecule has 0 amide bonds. The van der Waals surface area contributed by atoms with Crippen LogP contribution in [-0.2, 0) is 4.74 Å². The highest BCUT2D eigenvalue weighted by atomic mass is 16.6. The maximum absolute atomic E-state index is 11.5. The molecule has 0 saturated carbocycles. The Bertz CT molecular complexity index is 489. The van der Waals surface area contributed by atoms with Gasteiger partial charge < -0.3 is 14.2 Å². The number of hydrogen-bond donors (Lipinski definition) is 0. The van der Waals surface area contributed by atoms with Crippen LogP contribution in [0.25, 0.3) is 0 Å². The molecule has 0 spiro atoms. The Morgan fingerprint density at radius 3 is 2.69 bits per heavy atom. The third-order valence-corrected chi connectivity index (χ3v) is 2.40. The lowest BCUT2D eigenvalue weighted by molar-refractivity contribution is 0.0476. The second-order valence-corrected chi connectivity index (χ2v) is 3.21. The molecule has 0 aliphatic carbocycles. The van der Waals surface area contributed by atoms with E-state index in [0.717, 1.165) is 0 Å². The minimum atomic E-state index is -0.900. The summed E-state index contributed by atoms with van der Waals surface area (Å²) in [5, 5.41) is 8.86. The predicted molar refractivity (Wildman–Crippen MR) is 53.3 cm³/mol. The third kappa shape index (κ3) is 1.36. The van der Waals surface area contributed by atoms with Crippen molar-refractivity contribution in [2.24, 2.45) is 0 Å². The molecule has 2 rings (SSSR count). The molecule has 0 radical (unpaired) electrons. The van der Waals surface area contributed by atoms with Gasteiger partial charge >= 0.3 is 5.97 Å². The molecule has 0 bridgehead atoms. The lowest BCUT2D eigenvalue weighted by Crippen LogP contribution is -1.97. The zero-order valence-corrected chi connectivity index (χ0v) is 8.81. The molecule has 1 unspecified atom stereocenters. The van der Waals surface area contributed by atoms with Crippen LogP contribution in [0.4, 0.5) is 0 Å². The fourth-order valence-electron chi connectivity index (χ4n) is 1.65. The van der Waals surface area contributed by atoms with Crippen LogP contribution in [-0.4, -0.2) is 20.2 Å². The maximum atomic E-state index is 11.5. The van der Waals surface area contributed by atoms with Crippen molar-refractivity contribution in [3.63, 3.8) is 0 Å². The Hall–Kier alpha value is -2.22. The minimum Gasteiger partial charge on any atom is -0.497 e. The topological polar surface area (TPSA) is 68.6 Å². The van der Waals surface area contributed by atoms with Crippen LogP contribution in [0.2, 0.25) is 0 Å². The van der Waals surface area contributed by atoms with E-state index in [-0.39, 0.29) is 0 Å². The first kappa shape index (κ1) is 10.3. The maximum Gasteiger partial charge on any atom is 0.340 e. The van der Waals surface area contributed by atoms with E-state index in [0.29, 0.717) is 22.6 Å². The normalized spacial score (nSPS) is 17.3. The van der Waals surface area contributed by atoms with E-state index in [4.69, 9.17) is 19.5 Å². The highest BCUT2D eigenvalue weighted by molar-refractivity contribution is 5.96. The molecule has 82 valence electrons. The Balaban J connectivity index is 2.65. The molecule has 1 aliphatic heterocycles. The van der Waals surface area contributed by atoms with Crippen LogP contribution in [0.5, 0.6) is 11.5 Å². The van der Waals surface area contributed by atoms with Crippen LogP contribution in [0.15, 0.2) is 12.1 Å². The number of ether oxygens (including phenoxy) is 3. The first-order chi connectivity index (χ1) is 7.71. The summed E-state index contributed by atoms with van der Waals surface area (Å²) >= 11 is 0. The molecule has 1 aliphatic rings. The second kappa shape index (κ2) is 3.74. The molecule has 1 heterocycles. The smallest absolute Gasteiger partial charge is 0.340 e. The van der Waals surface area contributed by atoms with E-state index < -0.39 is 12.1 Å². The summed E-state index contributed by atoms with van der Waals surface area (Å²) in [6.45, 7) is 0. The summed E-state index contributed by atoms with van der Waals surface area (Å²) in [6.07, 6.45) is -0.900. The number of esters is 1. The summed E-state index contributed by atoms with van der Waals surface area (Å²) < 4.78 is 15.0. The first-order valence-corrected chi connectivity index (χ1v) is 4.57. The van der Waals surface area contributed by atoms with E-state index >= 15 is 0 Å². The Kier molecular flexibility index (Phi) is 2.41. The molecule has 1 aromatic carbocycles. The SMILES string of the molecule is COc1cc(OC)c2c(c1)C(=O)OC2C#N. The molecular weight excluding hydrogens is 210 g/mol. The summed E-state index contributed by atoms with van der Waals surface area (Å²) in [5.74, 6) is 0.386. The van der Waals surface area contributed by atoms with Crippen molar-refractivity contribution in [2.45, 2.75) is 6.10 Å². The molecule has 0 aromatic heterocycles. The van der Waals surface area contributed by atoms with Gasteiger partial charge in [0, 0.05) is 6.07 Å². The van der Waals surface area contributed by atoms with Crippen molar-refractivity contribution in [3.8, 4) is 17.6 Å². The van der Waals surface area contributed by atoms with Gasteiger partial charge in [-0.2, -0.15) is 5.26 Å². The first-order valence-electron chi connectivity index (χ1n) is 4.57. The van der Waals surface area contributed by atoms with Crippen molar-refractivity contribution >= 4 is 5.97 Å². The minimum absolute atomic E-state index is 0.322. The van der Waals surface area contributed by atoms with Gasteiger partial charge in [0.1, 0.15) is 17.6 Å². The monoisotopic (exact) mass is 219 g/mol. The lowest BCUT2D eigenvalue weighted by atomic mass is 10.0. The van der Waals surface area contributed by atoms with Crippen molar-refractivity contribution in [1.29, 1.82) is 5.26 Å². The van der Waals surface area contributed by atoms with Crippen molar-refractivity contribution < 1.29 is 19.0 Å².